The zero-order valence-corrected chi connectivity index (χ0v) is 16.0. The Labute approximate surface area is 158 Å². The second-order valence-electron chi connectivity index (χ2n) is 6.59. The Balaban J connectivity index is 1.62. The summed E-state index contributed by atoms with van der Waals surface area (Å²) < 4.78 is 41.5. The standard InChI is InChI=1S/C18H23FN4O3S/c1-2-22-12-17(21-13-22)27(25,26)23-9-3-4-15(11-23)18(24)20-10-14-5-7-16(19)8-6-14/h5-8,12-13,15H,2-4,9-11H2,1H3,(H,20,24). The van der Waals surface area contributed by atoms with E-state index in [1.807, 2.05) is 6.92 Å². The highest BCUT2D eigenvalue weighted by Crippen LogP contribution is 2.23. The van der Waals surface area contributed by atoms with Crippen LogP contribution in [0.4, 0.5) is 4.39 Å². The zero-order chi connectivity index (χ0) is 19.4. The number of carbonyl (C=O) groups excluding carboxylic acids is 1. The van der Waals surface area contributed by atoms with Crippen molar-refractivity contribution in [3.63, 3.8) is 0 Å². The molecular formula is C18H23FN4O3S. The van der Waals surface area contributed by atoms with Crippen LogP contribution in [0, 0.1) is 11.7 Å². The van der Waals surface area contributed by atoms with E-state index in [4.69, 9.17) is 0 Å². The summed E-state index contributed by atoms with van der Waals surface area (Å²) >= 11 is 0. The number of hydrogen-bond acceptors (Lipinski definition) is 4. The number of benzene rings is 1. The van der Waals surface area contributed by atoms with Crippen molar-refractivity contribution in [1.82, 2.24) is 19.2 Å². The van der Waals surface area contributed by atoms with Crippen molar-refractivity contribution in [1.29, 1.82) is 0 Å². The highest BCUT2D eigenvalue weighted by molar-refractivity contribution is 7.89. The fourth-order valence-electron chi connectivity index (χ4n) is 3.09. The van der Waals surface area contributed by atoms with Crippen molar-refractivity contribution in [3.05, 3.63) is 48.2 Å². The molecule has 1 unspecified atom stereocenters. The largest absolute Gasteiger partial charge is 0.352 e. The monoisotopic (exact) mass is 394 g/mol. The summed E-state index contributed by atoms with van der Waals surface area (Å²) in [6.07, 6.45) is 4.24. The molecule has 2 aromatic rings. The molecule has 0 bridgehead atoms. The van der Waals surface area contributed by atoms with E-state index >= 15 is 0 Å². The minimum atomic E-state index is -3.71. The third kappa shape index (κ3) is 4.54. The van der Waals surface area contributed by atoms with Crippen molar-refractivity contribution < 1.29 is 17.6 Å². The summed E-state index contributed by atoms with van der Waals surface area (Å²) in [6, 6.07) is 5.90. The highest BCUT2D eigenvalue weighted by atomic mass is 32.2. The molecule has 1 aliphatic heterocycles. The maximum Gasteiger partial charge on any atom is 0.262 e. The summed E-state index contributed by atoms with van der Waals surface area (Å²) in [5.41, 5.74) is 0.787. The molecule has 1 aliphatic rings. The van der Waals surface area contributed by atoms with Gasteiger partial charge in [-0.25, -0.2) is 17.8 Å². The summed E-state index contributed by atoms with van der Waals surface area (Å²) in [5.74, 6) is -0.940. The molecule has 1 N–H and O–H groups in total. The fraction of sp³-hybridized carbons (Fsp3) is 0.444. The third-order valence-corrected chi connectivity index (χ3v) is 6.46. The summed E-state index contributed by atoms with van der Waals surface area (Å²) in [7, 11) is -3.71. The molecule has 1 aromatic heterocycles. The number of sulfonamides is 1. The quantitative estimate of drug-likeness (QED) is 0.809. The number of aryl methyl sites for hydroxylation is 1. The molecule has 0 radical (unpaired) electrons. The zero-order valence-electron chi connectivity index (χ0n) is 15.1. The molecule has 1 aromatic carbocycles. The van der Waals surface area contributed by atoms with Crippen molar-refractivity contribution in [2.45, 2.75) is 37.9 Å². The molecule has 0 aliphatic carbocycles. The lowest BCUT2D eigenvalue weighted by Gasteiger charge is -2.30. The Morgan fingerprint density at radius 1 is 1.33 bits per heavy atom. The van der Waals surface area contributed by atoms with Gasteiger partial charge in [-0.2, -0.15) is 4.31 Å². The van der Waals surface area contributed by atoms with E-state index < -0.39 is 15.9 Å². The van der Waals surface area contributed by atoms with Gasteiger partial charge < -0.3 is 9.88 Å². The first-order chi connectivity index (χ1) is 12.9. The van der Waals surface area contributed by atoms with E-state index in [2.05, 4.69) is 10.3 Å². The maximum atomic E-state index is 12.9. The minimum Gasteiger partial charge on any atom is -0.352 e. The van der Waals surface area contributed by atoms with Crippen LogP contribution in [0.25, 0.3) is 0 Å². The summed E-state index contributed by atoms with van der Waals surface area (Å²) in [5, 5.41) is 2.82. The van der Waals surface area contributed by atoms with Gasteiger partial charge in [0.2, 0.25) is 5.91 Å². The molecule has 3 rings (SSSR count). The van der Waals surface area contributed by atoms with E-state index in [-0.39, 0.29) is 29.8 Å². The molecule has 0 saturated carbocycles. The SMILES string of the molecule is CCn1cnc(S(=O)(=O)N2CCCC(C(=O)NCc3ccc(F)cc3)C2)c1. The topological polar surface area (TPSA) is 84.3 Å². The molecule has 9 heteroatoms. The average molecular weight is 394 g/mol. The second-order valence-corrected chi connectivity index (χ2v) is 8.47. The second kappa shape index (κ2) is 8.18. The molecule has 1 fully saturated rings. The first kappa shape index (κ1) is 19.5. The number of nitrogens with zero attached hydrogens (tertiary/aromatic N) is 3. The number of nitrogens with one attached hydrogen (secondary N) is 1. The predicted octanol–water partition coefficient (Wildman–Crippen LogP) is 1.76. The minimum absolute atomic E-state index is 0.0109. The van der Waals surface area contributed by atoms with Gasteiger partial charge in [0.1, 0.15) is 5.82 Å². The number of rotatable bonds is 6. The van der Waals surface area contributed by atoms with Crippen molar-refractivity contribution in [3.8, 4) is 0 Å². The Morgan fingerprint density at radius 2 is 2.07 bits per heavy atom. The molecule has 0 spiro atoms. The normalized spacial score (nSPS) is 18.4. The smallest absolute Gasteiger partial charge is 0.262 e. The number of hydrogen-bond donors (Lipinski definition) is 1. The van der Waals surface area contributed by atoms with Crippen LogP contribution < -0.4 is 5.32 Å². The Hall–Kier alpha value is -2.26. The molecule has 7 nitrogen and oxygen atoms in total. The van der Waals surface area contributed by atoms with Crippen molar-refractivity contribution in [2.75, 3.05) is 13.1 Å². The molecule has 1 amide bonds. The van der Waals surface area contributed by atoms with Crippen molar-refractivity contribution in [2.24, 2.45) is 5.92 Å². The van der Waals surface area contributed by atoms with E-state index in [1.165, 1.54) is 29.0 Å². The van der Waals surface area contributed by atoms with Crippen LogP contribution in [0.1, 0.15) is 25.3 Å². The molecule has 1 saturated heterocycles. The molecule has 27 heavy (non-hydrogen) atoms. The van der Waals surface area contributed by atoms with Gasteiger partial charge in [0, 0.05) is 32.4 Å². The molecule has 2 heterocycles. The van der Waals surface area contributed by atoms with Crippen molar-refractivity contribution >= 4 is 15.9 Å². The summed E-state index contributed by atoms with van der Waals surface area (Å²) in [6.45, 7) is 3.33. The lowest BCUT2D eigenvalue weighted by molar-refractivity contribution is -0.126. The number of piperidine rings is 1. The Bertz CT molecular complexity index is 896. The molecule has 146 valence electrons. The van der Waals surface area contributed by atoms with Crippen LogP contribution in [-0.4, -0.2) is 41.3 Å². The van der Waals surface area contributed by atoms with Gasteiger partial charge in [0.05, 0.1) is 12.2 Å². The number of amides is 1. The molecule has 1 atom stereocenters. The molecular weight excluding hydrogens is 371 g/mol. The average Bonchev–Trinajstić information content (AvgIpc) is 3.17. The van der Waals surface area contributed by atoms with Crippen LogP contribution in [0.15, 0.2) is 41.8 Å². The number of imidazole rings is 1. The van der Waals surface area contributed by atoms with Gasteiger partial charge in [-0.05, 0) is 37.5 Å². The van der Waals surface area contributed by atoms with Crippen LogP contribution in [0.5, 0.6) is 0 Å². The number of aromatic nitrogens is 2. The van der Waals surface area contributed by atoms with E-state index in [0.29, 0.717) is 25.9 Å². The maximum absolute atomic E-state index is 12.9. The first-order valence-corrected chi connectivity index (χ1v) is 10.4. The van der Waals surface area contributed by atoms with Crippen LogP contribution >= 0.6 is 0 Å². The highest BCUT2D eigenvalue weighted by Gasteiger charge is 2.34. The van der Waals surface area contributed by atoms with Crippen LogP contribution in [0.2, 0.25) is 0 Å². The van der Waals surface area contributed by atoms with Gasteiger partial charge in [0.15, 0.2) is 5.03 Å². The van der Waals surface area contributed by atoms with Crippen LogP contribution in [-0.2, 0) is 27.9 Å². The lowest BCUT2D eigenvalue weighted by Crippen LogP contribution is -2.45. The Morgan fingerprint density at radius 3 is 2.74 bits per heavy atom. The van der Waals surface area contributed by atoms with Gasteiger partial charge in [-0.1, -0.05) is 12.1 Å². The van der Waals surface area contributed by atoms with Gasteiger partial charge in [0.25, 0.3) is 10.0 Å². The van der Waals surface area contributed by atoms with Crippen LogP contribution in [0.3, 0.4) is 0 Å². The third-order valence-electron chi connectivity index (χ3n) is 4.71. The predicted molar refractivity (Wildman–Crippen MR) is 97.6 cm³/mol. The lowest BCUT2D eigenvalue weighted by atomic mass is 9.99. The van der Waals surface area contributed by atoms with Gasteiger partial charge in [-0.15, -0.1) is 0 Å². The van der Waals surface area contributed by atoms with E-state index in [1.54, 1.807) is 16.7 Å². The Kier molecular flexibility index (Phi) is 5.91. The van der Waals surface area contributed by atoms with E-state index in [9.17, 15) is 17.6 Å². The fourth-order valence-corrected chi connectivity index (χ4v) is 4.55. The first-order valence-electron chi connectivity index (χ1n) is 8.94. The van der Waals surface area contributed by atoms with Gasteiger partial charge >= 0.3 is 0 Å². The summed E-state index contributed by atoms with van der Waals surface area (Å²) in [4.78, 5) is 16.5. The van der Waals surface area contributed by atoms with E-state index in [0.717, 1.165) is 5.56 Å². The van der Waals surface area contributed by atoms with Gasteiger partial charge in [-0.3, -0.25) is 4.79 Å². The number of carbonyl (C=O) groups is 1. The number of halogens is 1.